The average molecular weight is 282 g/mol. The molecule has 0 fully saturated rings. The number of ether oxygens (including phenoxy) is 2. The summed E-state index contributed by atoms with van der Waals surface area (Å²) in [7, 11) is 1.27. The Bertz CT molecular complexity index is 532. The van der Waals surface area contributed by atoms with Crippen molar-refractivity contribution in [3.05, 3.63) is 11.6 Å². The van der Waals surface area contributed by atoms with Crippen LogP contribution >= 0.6 is 0 Å². The van der Waals surface area contributed by atoms with Crippen LogP contribution in [0.4, 0.5) is 4.79 Å². The van der Waals surface area contributed by atoms with Crippen LogP contribution in [-0.4, -0.2) is 51.0 Å². The number of rotatable bonds is 1. The van der Waals surface area contributed by atoms with Crippen molar-refractivity contribution in [3.63, 3.8) is 0 Å². The number of methoxy groups -OCH3 is 1. The first-order chi connectivity index (χ1) is 9.30. The maximum Gasteiger partial charge on any atom is 0.410 e. The second kappa shape index (κ2) is 5.10. The van der Waals surface area contributed by atoms with Crippen molar-refractivity contribution in [2.45, 2.75) is 39.5 Å². The van der Waals surface area contributed by atoms with Crippen molar-refractivity contribution in [3.8, 4) is 0 Å². The highest BCUT2D eigenvalue weighted by molar-refractivity contribution is 5.84. The van der Waals surface area contributed by atoms with Crippen LogP contribution < -0.4 is 0 Å². The third-order valence-electron chi connectivity index (χ3n) is 2.68. The van der Waals surface area contributed by atoms with Gasteiger partial charge in [0.25, 0.3) is 5.82 Å². The molecule has 0 atom stereocenters. The van der Waals surface area contributed by atoms with E-state index in [-0.39, 0.29) is 12.4 Å². The maximum atomic E-state index is 12.0. The lowest BCUT2D eigenvalue weighted by molar-refractivity contribution is 0.0190. The number of esters is 1. The fourth-order valence-electron chi connectivity index (χ4n) is 1.80. The minimum absolute atomic E-state index is 0.00791. The fourth-order valence-corrected chi connectivity index (χ4v) is 1.80. The van der Waals surface area contributed by atoms with E-state index in [0.717, 1.165) is 0 Å². The standard InChI is InChI=1S/C12H18N4O4/c1-12(2,3)20-11(18)15-5-6-16-8(7-15)13-9(14-16)10(17)19-4/h5-7H2,1-4H3. The normalized spacial score (nSPS) is 14.7. The molecule has 110 valence electrons. The van der Waals surface area contributed by atoms with Crippen LogP contribution in [0.15, 0.2) is 0 Å². The number of hydrogen-bond donors (Lipinski definition) is 0. The van der Waals surface area contributed by atoms with Crippen molar-refractivity contribution in [1.82, 2.24) is 19.7 Å². The summed E-state index contributed by atoms with van der Waals surface area (Å²) in [5.74, 6) is -0.0354. The molecule has 1 aliphatic rings. The Hall–Kier alpha value is -2.12. The Morgan fingerprint density at radius 2 is 1.95 bits per heavy atom. The van der Waals surface area contributed by atoms with Gasteiger partial charge in [0.2, 0.25) is 0 Å². The van der Waals surface area contributed by atoms with Crippen molar-refractivity contribution < 1.29 is 19.1 Å². The molecular formula is C12H18N4O4. The highest BCUT2D eigenvalue weighted by Gasteiger charge is 2.28. The van der Waals surface area contributed by atoms with Gasteiger partial charge in [-0.15, -0.1) is 5.10 Å². The van der Waals surface area contributed by atoms with Gasteiger partial charge in [-0.3, -0.25) is 4.90 Å². The Morgan fingerprint density at radius 1 is 1.25 bits per heavy atom. The van der Waals surface area contributed by atoms with Crippen LogP contribution in [0.1, 0.15) is 37.2 Å². The van der Waals surface area contributed by atoms with Gasteiger partial charge in [-0.1, -0.05) is 0 Å². The zero-order chi connectivity index (χ0) is 14.9. The summed E-state index contributed by atoms with van der Waals surface area (Å²) in [4.78, 5) is 29.0. The molecule has 0 N–H and O–H groups in total. The summed E-state index contributed by atoms with van der Waals surface area (Å²) >= 11 is 0. The number of fused-ring (bicyclic) bond motifs is 1. The van der Waals surface area contributed by atoms with Crippen LogP contribution in [0.5, 0.6) is 0 Å². The molecule has 2 rings (SSSR count). The van der Waals surface area contributed by atoms with Gasteiger partial charge in [-0.05, 0) is 20.8 Å². The topological polar surface area (TPSA) is 86.5 Å². The molecule has 2 heterocycles. The summed E-state index contributed by atoms with van der Waals surface area (Å²) in [5.41, 5.74) is -0.542. The Labute approximate surface area is 116 Å². The molecule has 1 aliphatic heterocycles. The van der Waals surface area contributed by atoms with Gasteiger partial charge >= 0.3 is 12.1 Å². The van der Waals surface area contributed by atoms with Gasteiger partial charge in [0.05, 0.1) is 20.2 Å². The van der Waals surface area contributed by atoms with Crippen molar-refractivity contribution >= 4 is 12.1 Å². The Kier molecular flexibility index (Phi) is 3.65. The van der Waals surface area contributed by atoms with E-state index in [4.69, 9.17) is 4.74 Å². The molecule has 1 amide bonds. The van der Waals surface area contributed by atoms with Crippen LogP contribution in [0.25, 0.3) is 0 Å². The number of nitrogens with zero attached hydrogens (tertiary/aromatic N) is 4. The second-order valence-electron chi connectivity index (χ2n) is 5.47. The largest absolute Gasteiger partial charge is 0.463 e. The second-order valence-corrected chi connectivity index (χ2v) is 5.47. The van der Waals surface area contributed by atoms with E-state index in [2.05, 4.69) is 14.8 Å². The highest BCUT2D eigenvalue weighted by Crippen LogP contribution is 2.15. The zero-order valence-electron chi connectivity index (χ0n) is 12.0. The SMILES string of the molecule is COC(=O)c1nc2n(n1)CCN(C(=O)OC(C)(C)C)C2. The van der Waals surface area contributed by atoms with Gasteiger partial charge in [-0.25, -0.2) is 19.3 Å². The molecular weight excluding hydrogens is 264 g/mol. The Morgan fingerprint density at radius 3 is 2.55 bits per heavy atom. The molecule has 0 aromatic carbocycles. The van der Waals surface area contributed by atoms with Gasteiger partial charge < -0.3 is 9.47 Å². The minimum Gasteiger partial charge on any atom is -0.463 e. The van der Waals surface area contributed by atoms with Crippen LogP contribution in [0.3, 0.4) is 0 Å². The van der Waals surface area contributed by atoms with E-state index in [0.29, 0.717) is 18.9 Å². The summed E-state index contributed by atoms with van der Waals surface area (Å²) in [6, 6.07) is 0. The first-order valence-electron chi connectivity index (χ1n) is 6.30. The number of amides is 1. The molecule has 0 spiro atoms. The van der Waals surface area contributed by atoms with Gasteiger partial charge in [0.15, 0.2) is 0 Å². The van der Waals surface area contributed by atoms with E-state index >= 15 is 0 Å². The molecule has 0 aliphatic carbocycles. The quantitative estimate of drug-likeness (QED) is 0.709. The monoisotopic (exact) mass is 282 g/mol. The summed E-state index contributed by atoms with van der Waals surface area (Å²) in [5, 5.41) is 4.04. The summed E-state index contributed by atoms with van der Waals surface area (Å²) in [6.45, 7) is 6.63. The van der Waals surface area contributed by atoms with Gasteiger partial charge in [-0.2, -0.15) is 0 Å². The van der Waals surface area contributed by atoms with E-state index in [1.165, 1.54) is 12.0 Å². The van der Waals surface area contributed by atoms with E-state index in [1.807, 2.05) is 20.8 Å². The van der Waals surface area contributed by atoms with Crippen LogP contribution in [0.2, 0.25) is 0 Å². The molecule has 1 aromatic rings. The number of carbonyl (C=O) groups excluding carboxylic acids is 2. The third kappa shape index (κ3) is 3.06. The smallest absolute Gasteiger partial charge is 0.410 e. The molecule has 8 nitrogen and oxygen atoms in total. The summed E-state index contributed by atoms with van der Waals surface area (Å²) < 4.78 is 11.5. The van der Waals surface area contributed by atoms with Crippen LogP contribution in [-0.2, 0) is 22.6 Å². The molecule has 0 unspecified atom stereocenters. The molecule has 0 saturated carbocycles. The lowest BCUT2D eigenvalue weighted by Gasteiger charge is -2.29. The molecule has 0 radical (unpaired) electrons. The molecule has 1 aromatic heterocycles. The zero-order valence-corrected chi connectivity index (χ0v) is 12.0. The lowest BCUT2D eigenvalue weighted by atomic mass is 10.2. The van der Waals surface area contributed by atoms with Gasteiger partial charge in [0, 0.05) is 6.54 Å². The molecule has 0 bridgehead atoms. The number of carbonyl (C=O) groups is 2. The van der Waals surface area contributed by atoms with Crippen molar-refractivity contribution in [2.24, 2.45) is 0 Å². The van der Waals surface area contributed by atoms with Gasteiger partial charge in [0.1, 0.15) is 11.4 Å². The number of aromatic nitrogens is 3. The van der Waals surface area contributed by atoms with E-state index in [1.54, 1.807) is 4.68 Å². The number of hydrogen-bond acceptors (Lipinski definition) is 6. The summed E-state index contributed by atoms with van der Waals surface area (Å²) in [6.07, 6.45) is -0.397. The molecule has 0 saturated heterocycles. The van der Waals surface area contributed by atoms with Crippen molar-refractivity contribution in [2.75, 3.05) is 13.7 Å². The Balaban J connectivity index is 2.09. The predicted octanol–water partition coefficient (Wildman–Crippen LogP) is 0.815. The molecule has 20 heavy (non-hydrogen) atoms. The fraction of sp³-hybridized carbons (Fsp3) is 0.667. The average Bonchev–Trinajstić information content (AvgIpc) is 2.78. The molecule has 8 heteroatoms. The van der Waals surface area contributed by atoms with Crippen molar-refractivity contribution in [1.29, 1.82) is 0 Å². The predicted molar refractivity (Wildman–Crippen MR) is 68.0 cm³/mol. The van der Waals surface area contributed by atoms with E-state index in [9.17, 15) is 9.59 Å². The first-order valence-corrected chi connectivity index (χ1v) is 6.30. The van der Waals surface area contributed by atoms with Crippen LogP contribution in [0, 0.1) is 0 Å². The third-order valence-corrected chi connectivity index (χ3v) is 2.68. The van der Waals surface area contributed by atoms with E-state index < -0.39 is 17.7 Å². The maximum absolute atomic E-state index is 12.0. The lowest BCUT2D eigenvalue weighted by Crippen LogP contribution is -2.41. The highest BCUT2D eigenvalue weighted by atomic mass is 16.6. The first kappa shape index (κ1) is 14.3. The minimum atomic E-state index is -0.587.